The molecule has 0 aliphatic carbocycles. The number of amides is 2. The zero-order chi connectivity index (χ0) is 26.1. The second-order valence-electron chi connectivity index (χ2n) is 9.43. The van der Waals surface area contributed by atoms with Gasteiger partial charge in [0.2, 0.25) is 5.95 Å². The Morgan fingerprint density at radius 1 is 1.11 bits per heavy atom. The minimum absolute atomic E-state index is 0.0122. The Morgan fingerprint density at radius 3 is 2.42 bits per heavy atom. The lowest BCUT2D eigenvalue weighted by atomic mass is 9.98. The summed E-state index contributed by atoms with van der Waals surface area (Å²) in [5, 5.41) is 5.81. The van der Waals surface area contributed by atoms with Crippen molar-refractivity contribution in [3.05, 3.63) is 86.6 Å². The van der Waals surface area contributed by atoms with Crippen LogP contribution >= 0.6 is 0 Å². The van der Waals surface area contributed by atoms with Crippen molar-refractivity contribution in [2.45, 2.75) is 52.7 Å². The van der Waals surface area contributed by atoms with Gasteiger partial charge in [0.1, 0.15) is 5.82 Å². The Kier molecular flexibility index (Phi) is 6.92. The van der Waals surface area contributed by atoms with Gasteiger partial charge in [-0.25, -0.2) is 13.9 Å². The van der Waals surface area contributed by atoms with Crippen LogP contribution in [0.3, 0.4) is 0 Å². The lowest BCUT2D eigenvalue weighted by Gasteiger charge is -2.35. The van der Waals surface area contributed by atoms with E-state index >= 15 is 0 Å². The highest BCUT2D eigenvalue weighted by molar-refractivity contribution is 5.95. The van der Waals surface area contributed by atoms with Crippen molar-refractivity contribution >= 4 is 17.8 Å². The standard InChI is InChI=1S/C27H30FN5O3/c1-15(2)30-27-31-23-14-32(25(35)19-10-16(3)11-20(28)13-19)17(4)12-22(23)26(36)33(27)21-8-6-18(7-9-21)24(34)29-5/h6-11,13,15,17H,12,14H2,1-5H3,(H,29,34)(H,30,31)/t17-/m1/s1. The molecule has 0 spiro atoms. The minimum atomic E-state index is -0.463. The van der Waals surface area contributed by atoms with Crippen LogP contribution in [0.2, 0.25) is 0 Å². The number of aromatic nitrogens is 2. The second kappa shape index (κ2) is 9.93. The molecule has 0 fully saturated rings. The molecule has 2 N–H and O–H groups in total. The molecule has 0 saturated carbocycles. The van der Waals surface area contributed by atoms with Gasteiger partial charge in [0.25, 0.3) is 17.4 Å². The molecule has 2 heterocycles. The van der Waals surface area contributed by atoms with Crippen LogP contribution in [-0.2, 0) is 13.0 Å². The summed E-state index contributed by atoms with van der Waals surface area (Å²) >= 11 is 0. The number of nitrogens with one attached hydrogen (secondary N) is 2. The number of aryl methyl sites for hydroxylation is 1. The number of carbonyl (C=O) groups excluding carboxylic acids is 2. The number of nitrogens with zero attached hydrogens (tertiary/aromatic N) is 3. The molecule has 0 saturated heterocycles. The van der Waals surface area contributed by atoms with Gasteiger partial charge in [-0.3, -0.25) is 14.4 Å². The third-order valence-corrected chi connectivity index (χ3v) is 6.20. The van der Waals surface area contributed by atoms with Crippen molar-refractivity contribution in [3.8, 4) is 5.69 Å². The molecule has 8 nitrogen and oxygen atoms in total. The Morgan fingerprint density at radius 2 is 1.81 bits per heavy atom. The molecule has 188 valence electrons. The topological polar surface area (TPSA) is 96.3 Å². The smallest absolute Gasteiger partial charge is 0.263 e. The molecule has 0 radical (unpaired) electrons. The average Bonchev–Trinajstić information content (AvgIpc) is 2.83. The second-order valence-corrected chi connectivity index (χ2v) is 9.43. The summed E-state index contributed by atoms with van der Waals surface area (Å²) in [6, 6.07) is 10.7. The molecule has 1 aliphatic rings. The summed E-state index contributed by atoms with van der Waals surface area (Å²) in [6.07, 6.45) is 0.319. The number of benzene rings is 2. The van der Waals surface area contributed by atoms with Crippen LogP contribution in [0, 0.1) is 12.7 Å². The predicted octanol–water partition coefficient (Wildman–Crippen LogP) is 3.45. The van der Waals surface area contributed by atoms with Crippen molar-refractivity contribution in [1.29, 1.82) is 0 Å². The average molecular weight is 492 g/mol. The largest absolute Gasteiger partial charge is 0.355 e. The van der Waals surface area contributed by atoms with E-state index in [2.05, 4.69) is 10.6 Å². The van der Waals surface area contributed by atoms with Gasteiger partial charge in [-0.15, -0.1) is 0 Å². The zero-order valence-electron chi connectivity index (χ0n) is 21.1. The molecule has 36 heavy (non-hydrogen) atoms. The molecule has 0 bridgehead atoms. The third kappa shape index (κ3) is 4.86. The van der Waals surface area contributed by atoms with Crippen molar-refractivity contribution in [2.75, 3.05) is 12.4 Å². The molecule has 2 aromatic carbocycles. The van der Waals surface area contributed by atoms with E-state index in [9.17, 15) is 18.8 Å². The SMILES string of the molecule is CNC(=O)c1ccc(-n2c(NC(C)C)nc3c(c2=O)C[C@@H](C)N(C(=O)c2cc(C)cc(F)c2)C3)cc1. The summed E-state index contributed by atoms with van der Waals surface area (Å²) in [7, 11) is 1.56. The van der Waals surface area contributed by atoms with Crippen LogP contribution in [0.15, 0.2) is 47.3 Å². The molecule has 1 aliphatic heterocycles. The van der Waals surface area contributed by atoms with Crippen LogP contribution in [-0.4, -0.2) is 45.4 Å². The first-order chi connectivity index (χ1) is 17.1. The first-order valence-corrected chi connectivity index (χ1v) is 11.9. The number of hydrogen-bond donors (Lipinski definition) is 2. The Balaban J connectivity index is 1.76. The van der Waals surface area contributed by atoms with Crippen LogP contribution in [0.25, 0.3) is 5.69 Å². The van der Waals surface area contributed by atoms with Crippen LogP contribution in [0.4, 0.5) is 10.3 Å². The van der Waals surface area contributed by atoms with Crippen LogP contribution in [0.5, 0.6) is 0 Å². The van der Waals surface area contributed by atoms with Gasteiger partial charge in [0, 0.05) is 35.8 Å². The zero-order valence-corrected chi connectivity index (χ0v) is 21.1. The van der Waals surface area contributed by atoms with E-state index in [4.69, 9.17) is 4.98 Å². The van der Waals surface area contributed by atoms with E-state index in [0.717, 1.165) is 0 Å². The quantitative estimate of drug-likeness (QED) is 0.570. The Labute approximate surface area is 209 Å². The fourth-order valence-electron chi connectivity index (χ4n) is 4.46. The molecule has 2 amide bonds. The fourth-order valence-corrected chi connectivity index (χ4v) is 4.46. The van der Waals surface area contributed by atoms with E-state index in [1.54, 1.807) is 49.2 Å². The summed E-state index contributed by atoms with van der Waals surface area (Å²) in [6.45, 7) is 7.63. The maximum absolute atomic E-state index is 14.0. The first kappa shape index (κ1) is 25.1. The van der Waals surface area contributed by atoms with Crippen molar-refractivity contribution < 1.29 is 14.0 Å². The summed E-state index contributed by atoms with van der Waals surface area (Å²) < 4.78 is 15.5. The van der Waals surface area contributed by atoms with Crippen molar-refractivity contribution in [3.63, 3.8) is 0 Å². The van der Waals surface area contributed by atoms with Crippen molar-refractivity contribution in [2.24, 2.45) is 0 Å². The number of rotatable bonds is 5. The lowest BCUT2D eigenvalue weighted by molar-refractivity contribution is 0.0652. The fraction of sp³-hybridized carbons (Fsp3) is 0.333. The van der Waals surface area contributed by atoms with Gasteiger partial charge in [-0.2, -0.15) is 0 Å². The maximum Gasteiger partial charge on any atom is 0.263 e. The Bertz CT molecular complexity index is 1360. The van der Waals surface area contributed by atoms with Crippen LogP contribution in [0.1, 0.15) is 58.3 Å². The highest BCUT2D eigenvalue weighted by atomic mass is 19.1. The van der Waals surface area contributed by atoms with Gasteiger partial charge in [0.15, 0.2) is 0 Å². The number of hydrogen-bond acceptors (Lipinski definition) is 5. The van der Waals surface area contributed by atoms with Gasteiger partial charge >= 0.3 is 0 Å². The van der Waals surface area contributed by atoms with Gasteiger partial charge in [0.05, 0.1) is 17.9 Å². The maximum atomic E-state index is 14.0. The highest BCUT2D eigenvalue weighted by Gasteiger charge is 2.32. The summed E-state index contributed by atoms with van der Waals surface area (Å²) in [4.78, 5) is 45.3. The predicted molar refractivity (Wildman–Crippen MR) is 136 cm³/mol. The molecule has 3 aromatic rings. The van der Waals surface area contributed by atoms with E-state index in [1.807, 2.05) is 20.8 Å². The van der Waals surface area contributed by atoms with E-state index in [-0.39, 0.29) is 41.6 Å². The van der Waals surface area contributed by atoms with Gasteiger partial charge < -0.3 is 15.5 Å². The number of carbonyl (C=O) groups is 2. The van der Waals surface area contributed by atoms with Gasteiger partial charge in [-0.05, 0) is 82.1 Å². The van der Waals surface area contributed by atoms with Crippen molar-refractivity contribution in [1.82, 2.24) is 19.8 Å². The highest BCUT2D eigenvalue weighted by Crippen LogP contribution is 2.25. The summed E-state index contributed by atoms with van der Waals surface area (Å²) in [5.41, 5.74) is 2.81. The van der Waals surface area contributed by atoms with Gasteiger partial charge in [-0.1, -0.05) is 0 Å². The third-order valence-electron chi connectivity index (χ3n) is 6.20. The van der Waals surface area contributed by atoms with E-state index in [1.165, 1.54) is 16.7 Å². The first-order valence-electron chi connectivity index (χ1n) is 11.9. The number of halogens is 1. The monoisotopic (exact) mass is 491 g/mol. The Hall–Kier alpha value is -4.01. The molecule has 4 rings (SSSR count). The molecule has 9 heteroatoms. The normalized spacial score (nSPS) is 15.0. The minimum Gasteiger partial charge on any atom is -0.355 e. The lowest BCUT2D eigenvalue weighted by Crippen LogP contribution is -2.46. The van der Waals surface area contributed by atoms with Crippen LogP contribution < -0.4 is 16.2 Å². The summed E-state index contributed by atoms with van der Waals surface area (Å²) in [5.74, 6) is -0.629. The van der Waals surface area contributed by atoms with E-state index in [0.29, 0.717) is 40.4 Å². The molecule has 0 unspecified atom stereocenters. The number of fused-ring (bicyclic) bond motifs is 1. The van der Waals surface area contributed by atoms with E-state index < -0.39 is 5.82 Å². The number of anilines is 1. The molecular weight excluding hydrogens is 461 g/mol. The molecular formula is C27H30FN5O3. The molecule has 1 atom stereocenters. The molecule has 1 aromatic heterocycles.